The summed E-state index contributed by atoms with van der Waals surface area (Å²) in [6.07, 6.45) is 13.8. The first-order valence-electron chi connectivity index (χ1n) is 7.07. The molecule has 0 aliphatic heterocycles. The molecule has 1 unspecified atom stereocenters. The Morgan fingerprint density at radius 1 is 1.17 bits per heavy atom. The normalized spacial score (nSPS) is 12.6. The number of nitrogens with zero attached hydrogens (tertiary/aromatic N) is 1. The summed E-state index contributed by atoms with van der Waals surface area (Å²) in [5, 5.41) is 0. The molecule has 0 aliphatic carbocycles. The molecule has 0 aromatic carbocycles. The fraction of sp³-hybridized carbons (Fsp3) is 0.667. The predicted octanol–water partition coefficient (Wildman–Crippen LogP) is 4.46. The van der Waals surface area contributed by atoms with E-state index in [1.807, 2.05) is 12.4 Å². The van der Waals surface area contributed by atoms with Gasteiger partial charge >= 0.3 is 0 Å². The second-order valence-corrected chi connectivity index (χ2v) is 5.95. The van der Waals surface area contributed by atoms with Crippen LogP contribution in [-0.2, 0) is 6.42 Å². The lowest BCUT2D eigenvalue weighted by Gasteiger charge is -2.11. The van der Waals surface area contributed by atoms with Crippen LogP contribution in [0.1, 0.15) is 57.4 Å². The summed E-state index contributed by atoms with van der Waals surface area (Å²) in [6.45, 7) is 2.25. The number of hydrogen-bond donors (Lipinski definition) is 1. The van der Waals surface area contributed by atoms with E-state index >= 15 is 0 Å². The number of halogens is 1. The van der Waals surface area contributed by atoms with Crippen molar-refractivity contribution in [2.24, 2.45) is 5.73 Å². The molecule has 3 heteroatoms. The molecular weight excluding hydrogens is 288 g/mol. The molecule has 1 aromatic rings. The Morgan fingerprint density at radius 3 is 2.61 bits per heavy atom. The van der Waals surface area contributed by atoms with Crippen LogP contribution in [0.25, 0.3) is 0 Å². The van der Waals surface area contributed by atoms with Crippen LogP contribution in [0.2, 0.25) is 0 Å². The standard InChI is InChI=1S/C15H25BrN2/c1-2-3-4-5-6-7-8-15(17)10-13-9-14(16)12-18-11-13/h9,11-12,15H,2-8,10,17H2,1H3. The number of pyridine rings is 1. The van der Waals surface area contributed by atoms with Gasteiger partial charge in [0.15, 0.2) is 0 Å². The molecule has 18 heavy (non-hydrogen) atoms. The summed E-state index contributed by atoms with van der Waals surface area (Å²) in [6, 6.07) is 2.38. The molecule has 0 bridgehead atoms. The van der Waals surface area contributed by atoms with Crippen LogP contribution in [-0.4, -0.2) is 11.0 Å². The monoisotopic (exact) mass is 312 g/mol. The zero-order chi connectivity index (χ0) is 13.2. The van der Waals surface area contributed by atoms with E-state index in [2.05, 4.69) is 33.9 Å². The zero-order valence-corrected chi connectivity index (χ0v) is 13.0. The number of unbranched alkanes of at least 4 members (excludes halogenated alkanes) is 5. The average Bonchev–Trinajstić information content (AvgIpc) is 2.33. The van der Waals surface area contributed by atoms with Gasteiger partial charge in [-0.25, -0.2) is 0 Å². The maximum Gasteiger partial charge on any atom is 0.0410 e. The van der Waals surface area contributed by atoms with E-state index in [0.717, 1.165) is 17.3 Å². The summed E-state index contributed by atoms with van der Waals surface area (Å²) in [5.74, 6) is 0. The van der Waals surface area contributed by atoms with Crippen LogP contribution in [0.5, 0.6) is 0 Å². The van der Waals surface area contributed by atoms with Gasteiger partial charge in [-0.1, -0.05) is 45.4 Å². The molecule has 0 saturated carbocycles. The molecule has 0 fully saturated rings. The van der Waals surface area contributed by atoms with Crippen LogP contribution in [0.15, 0.2) is 22.9 Å². The first-order chi connectivity index (χ1) is 8.72. The zero-order valence-electron chi connectivity index (χ0n) is 11.4. The Morgan fingerprint density at radius 2 is 1.89 bits per heavy atom. The lowest BCUT2D eigenvalue weighted by Crippen LogP contribution is -2.22. The van der Waals surface area contributed by atoms with Gasteiger partial charge in [-0.3, -0.25) is 4.98 Å². The first-order valence-corrected chi connectivity index (χ1v) is 7.86. The Labute approximate surface area is 120 Å². The second-order valence-electron chi connectivity index (χ2n) is 5.03. The number of aromatic nitrogens is 1. The molecule has 0 aliphatic rings. The topological polar surface area (TPSA) is 38.9 Å². The highest BCUT2D eigenvalue weighted by Gasteiger charge is 2.04. The molecule has 0 spiro atoms. The van der Waals surface area contributed by atoms with Gasteiger partial charge in [-0.15, -0.1) is 0 Å². The minimum Gasteiger partial charge on any atom is -0.327 e. The van der Waals surface area contributed by atoms with Crippen molar-refractivity contribution < 1.29 is 0 Å². The lowest BCUT2D eigenvalue weighted by atomic mass is 10.0. The highest BCUT2D eigenvalue weighted by molar-refractivity contribution is 9.10. The average molecular weight is 313 g/mol. The van der Waals surface area contributed by atoms with E-state index in [9.17, 15) is 0 Å². The number of hydrogen-bond acceptors (Lipinski definition) is 2. The van der Waals surface area contributed by atoms with Crippen molar-refractivity contribution in [3.63, 3.8) is 0 Å². The maximum absolute atomic E-state index is 6.15. The van der Waals surface area contributed by atoms with E-state index in [1.54, 1.807) is 0 Å². The second kappa shape index (κ2) is 9.51. The minimum absolute atomic E-state index is 0.271. The predicted molar refractivity (Wildman–Crippen MR) is 81.6 cm³/mol. The fourth-order valence-corrected chi connectivity index (χ4v) is 2.57. The van der Waals surface area contributed by atoms with Gasteiger partial charge in [0.25, 0.3) is 0 Å². The third-order valence-corrected chi connectivity index (χ3v) is 3.62. The molecule has 2 nitrogen and oxygen atoms in total. The van der Waals surface area contributed by atoms with Gasteiger partial charge < -0.3 is 5.73 Å². The van der Waals surface area contributed by atoms with Crippen LogP contribution < -0.4 is 5.73 Å². The summed E-state index contributed by atoms with van der Waals surface area (Å²) in [4.78, 5) is 4.17. The van der Waals surface area contributed by atoms with E-state index in [4.69, 9.17) is 5.73 Å². The Hall–Kier alpha value is -0.410. The van der Waals surface area contributed by atoms with E-state index in [-0.39, 0.29) is 6.04 Å². The fourth-order valence-electron chi connectivity index (χ4n) is 2.16. The molecular formula is C15H25BrN2. The molecule has 2 N–H and O–H groups in total. The molecule has 1 atom stereocenters. The van der Waals surface area contributed by atoms with E-state index in [0.29, 0.717) is 0 Å². The Bertz CT molecular complexity index is 328. The smallest absolute Gasteiger partial charge is 0.0410 e. The molecule has 1 aromatic heterocycles. The summed E-state index contributed by atoms with van der Waals surface area (Å²) < 4.78 is 1.03. The molecule has 1 heterocycles. The van der Waals surface area contributed by atoms with E-state index in [1.165, 1.54) is 44.1 Å². The van der Waals surface area contributed by atoms with Gasteiger partial charge in [-0.2, -0.15) is 0 Å². The SMILES string of the molecule is CCCCCCCCC(N)Cc1cncc(Br)c1. The lowest BCUT2D eigenvalue weighted by molar-refractivity contribution is 0.532. The van der Waals surface area contributed by atoms with Crippen LogP contribution >= 0.6 is 15.9 Å². The minimum atomic E-state index is 0.271. The van der Waals surface area contributed by atoms with Crippen molar-refractivity contribution in [2.45, 2.75) is 64.3 Å². The molecule has 102 valence electrons. The van der Waals surface area contributed by atoms with Gasteiger partial charge in [0.05, 0.1) is 0 Å². The summed E-state index contributed by atoms with van der Waals surface area (Å²) in [7, 11) is 0. The van der Waals surface area contributed by atoms with Gasteiger partial charge in [0.2, 0.25) is 0 Å². The first kappa shape index (κ1) is 15.6. The molecule has 1 rings (SSSR count). The van der Waals surface area contributed by atoms with Gasteiger partial charge in [-0.05, 0) is 40.4 Å². The third kappa shape index (κ3) is 7.12. The van der Waals surface area contributed by atoms with Crippen molar-refractivity contribution >= 4 is 15.9 Å². The quantitative estimate of drug-likeness (QED) is 0.683. The molecule has 0 radical (unpaired) electrons. The van der Waals surface area contributed by atoms with Crippen molar-refractivity contribution in [2.75, 3.05) is 0 Å². The Kier molecular flexibility index (Phi) is 8.27. The summed E-state index contributed by atoms with van der Waals surface area (Å²) in [5.41, 5.74) is 7.38. The highest BCUT2D eigenvalue weighted by atomic mass is 79.9. The highest BCUT2D eigenvalue weighted by Crippen LogP contribution is 2.13. The Balaban J connectivity index is 2.12. The number of nitrogens with two attached hydrogens (primary N) is 1. The van der Waals surface area contributed by atoms with Crippen LogP contribution in [0.3, 0.4) is 0 Å². The van der Waals surface area contributed by atoms with Crippen molar-refractivity contribution in [3.05, 3.63) is 28.5 Å². The van der Waals surface area contributed by atoms with Crippen molar-refractivity contribution in [1.29, 1.82) is 0 Å². The van der Waals surface area contributed by atoms with E-state index < -0.39 is 0 Å². The maximum atomic E-state index is 6.15. The van der Waals surface area contributed by atoms with Crippen molar-refractivity contribution in [3.8, 4) is 0 Å². The third-order valence-electron chi connectivity index (χ3n) is 3.19. The van der Waals surface area contributed by atoms with Gasteiger partial charge in [0, 0.05) is 22.9 Å². The number of rotatable bonds is 9. The van der Waals surface area contributed by atoms with Crippen molar-refractivity contribution in [1.82, 2.24) is 4.98 Å². The molecule has 0 saturated heterocycles. The van der Waals surface area contributed by atoms with Crippen LogP contribution in [0.4, 0.5) is 0 Å². The molecule has 0 amide bonds. The summed E-state index contributed by atoms with van der Waals surface area (Å²) >= 11 is 3.44. The largest absolute Gasteiger partial charge is 0.327 e. The van der Waals surface area contributed by atoms with Gasteiger partial charge in [0.1, 0.15) is 0 Å². The van der Waals surface area contributed by atoms with Crippen LogP contribution in [0, 0.1) is 0 Å².